The number of rotatable bonds is 7. The van der Waals surface area contributed by atoms with Crippen molar-refractivity contribution in [3.63, 3.8) is 0 Å². The van der Waals surface area contributed by atoms with Crippen LogP contribution in [0.1, 0.15) is 23.6 Å². The molecule has 29 heavy (non-hydrogen) atoms. The molecular formula is C22H30ClIN4O. The molecule has 0 bridgehead atoms. The van der Waals surface area contributed by atoms with Crippen molar-refractivity contribution in [2.75, 3.05) is 26.2 Å². The number of fused-ring (bicyclic) bond motifs is 1. The third-order valence-corrected chi connectivity index (χ3v) is 5.11. The zero-order valence-electron chi connectivity index (χ0n) is 16.8. The Hall–Kier alpha value is -1.35. The summed E-state index contributed by atoms with van der Waals surface area (Å²) in [4.78, 5) is 6.90. The van der Waals surface area contributed by atoms with E-state index in [0.29, 0.717) is 25.6 Å². The van der Waals surface area contributed by atoms with Crippen molar-refractivity contribution in [1.82, 2.24) is 15.5 Å². The lowest BCUT2D eigenvalue weighted by Crippen LogP contribution is -2.45. The maximum atomic E-state index is 10.5. The fourth-order valence-corrected chi connectivity index (χ4v) is 3.51. The van der Waals surface area contributed by atoms with Gasteiger partial charge in [0.2, 0.25) is 0 Å². The number of hydrogen-bond donors (Lipinski definition) is 3. The minimum absolute atomic E-state index is 0. The van der Waals surface area contributed by atoms with Gasteiger partial charge in [0.15, 0.2) is 5.96 Å². The van der Waals surface area contributed by atoms with Gasteiger partial charge in [-0.1, -0.05) is 48.0 Å². The Morgan fingerprint density at radius 2 is 1.86 bits per heavy atom. The number of halogens is 2. The SMILES string of the molecule is CCNC(=NCc1ccc(Cl)cc1)NCC(O)CN1CCc2ccccc2C1.I. The van der Waals surface area contributed by atoms with E-state index in [0.717, 1.165) is 36.6 Å². The summed E-state index contributed by atoms with van der Waals surface area (Å²) >= 11 is 5.92. The Kier molecular flexibility index (Phi) is 10.2. The number of β-amino-alcohol motifs (C(OH)–C–C–N with tert-alkyl or cyclic N) is 1. The predicted molar refractivity (Wildman–Crippen MR) is 131 cm³/mol. The molecule has 0 aromatic heterocycles. The smallest absolute Gasteiger partial charge is 0.191 e. The van der Waals surface area contributed by atoms with Crippen molar-refractivity contribution in [3.8, 4) is 0 Å². The van der Waals surface area contributed by atoms with E-state index in [9.17, 15) is 5.11 Å². The molecule has 7 heteroatoms. The van der Waals surface area contributed by atoms with E-state index in [1.165, 1.54) is 11.1 Å². The molecule has 2 aromatic rings. The van der Waals surface area contributed by atoms with Gasteiger partial charge < -0.3 is 15.7 Å². The van der Waals surface area contributed by atoms with E-state index in [4.69, 9.17) is 11.6 Å². The number of nitrogens with one attached hydrogen (secondary N) is 2. The monoisotopic (exact) mass is 528 g/mol. The van der Waals surface area contributed by atoms with E-state index in [1.807, 2.05) is 31.2 Å². The second-order valence-electron chi connectivity index (χ2n) is 7.11. The zero-order chi connectivity index (χ0) is 19.8. The molecule has 0 fully saturated rings. The van der Waals surface area contributed by atoms with Crippen LogP contribution in [0.3, 0.4) is 0 Å². The fourth-order valence-electron chi connectivity index (χ4n) is 3.39. The summed E-state index contributed by atoms with van der Waals surface area (Å²) in [6, 6.07) is 16.2. The number of aliphatic hydroxyl groups excluding tert-OH is 1. The maximum Gasteiger partial charge on any atom is 0.191 e. The third kappa shape index (κ3) is 7.77. The number of aliphatic imine (C=N–C) groups is 1. The highest BCUT2D eigenvalue weighted by Gasteiger charge is 2.18. The molecule has 0 amide bonds. The lowest BCUT2D eigenvalue weighted by Gasteiger charge is -2.30. The second kappa shape index (κ2) is 12.4. The van der Waals surface area contributed by atoms with Crippen LogP contribution in [0.2, 0.25) is 5.02 Å². The number of nitrogens with zero attached hydrogens (tertiary/aromatic N) is 2. The molecule has 3 N–H and O–H groups in total. The van der Waals surface area contributed by atoms with E-state index in [1.54, 1.807) is 0 Å². The van der Waals surface area contributed by atoms with Crippen LogP contribution in [0.15, 0.2) is 53.5 Å². The van der Waals surface area contributed by atoms with Crippen molar-refractivity contribution >= 4 is 41.5 Å². The molecule has 3 rings (SSSR count). The van der Waals surface area contributed by atoms with Crippen LogP contribution in [0, 0.1) is 0 Å². The zero-order valence-corrected chi connectivity index (χ0v) is 19.9. The summed E-state index contributed by atoms with van der Waals surface area (Å²) in [6.07, 6.45) is 0.589. The fraction of sp³-hybridized carbons (Fsp3) is 0.409. The Morgan fingerprint density at radius 1 is 1.14 bits per heavy atom. The maximum absolute atomic E-state index is 10.5. The van der Waals surface area contributed by atoms with Gasteiger partial charge in [-0.25, -0.2) is 4.99 Å². The van der Waals surface area contributed by atoms with E-state index in [2.05, 4.69) is 44.8 Å². The molecule has 2 aromatic carbocycles. The predicted octanol–water partition coefficient (Wildman–Crippen LogP) is 3.43. The first-order chi connectivity index (χ1) is 13.6. The van der Waals surface area contributed by atoms with Crippen LogP contribution in [-0.2, 0) is 19.5 Å². The number of aliphatic hydroxyl groups is 1. The molecule has 0 spiro atoms. The quantitative estimate of drug-likeness (QED) is 0.293. The summed E-state index contributed by atoms with van der Waals surface area (Å²) in [7, 11) is 0. The van der Waals surface area contributed by atoms with Crippen molar-refractivity contribution in [2.45, 2.75) is 32.5 Å². The first-order valence-corrected chi connectivity index (χ1v) is 10.3. The molecule has 1 heterocycles. The minimum atomic E-state index is -0.454. The first kappa shape index (κ1) is 23.9. The Morgan fingerprint density at radius 3 is 2.59 bits per heavy atom. The topological polar surface area (TPSA) is 59.9 Å². The molecule has 1 atom stereocenters. The van der Waals surface area contributed by atoms with Gasteiger partial charge >= 0.3 is 0 Å². The van der Waals surface area contributed by atoms with Gasteiger partial charge in [0.05, 0.1) is 12.6 Å². The van der Waals surface area contributed by atoms with Crippen LogP contribution in [0.5, 0.6) is 0 Å². The van der Waals surface area contributed by atoms with E-state index < -0.39 is 6.10 Å². The number of hydrogen-bond acceptors (Lipinski definition) is 3. The van der Waals surface area contributed by atoms with Crippen molar-refractivity contribution in [2.24, 2.45) is 4.99 Å². The van der Waals surface area contributed by atoms with Crippen molar-refractivity contribution in [1.29, 1.82) is 0 Å². The molecule has 0 saturated heterocycles. The van der Waals surface area contributed by atoms with Crippen LogP contribution >= 0.6 is 35.6 Å². The molecule has 0 radical (unpaired) electrons. The molecule has 1 aliphatic heterocycles. The number of benzene rings is 2. The minimum Gasteiger partial charge on any atom is -0.390 e. The van der Waals surface area contributed by atoms with Gasteiger partial charge in [-0.15, -0.1) is 24.0 Å². The average molecular weight is 529 g/mol. The summed E-state index contributed by atoms with van der Waals surface area (Å²) < 4.78 is 0. The van der Waals surface area contributed by atoms with Crippen LogP contribution in [0.4, 0.5) is 0 Å². The average Bonchev–Trinajstić information content (AvgIpc) is 2.71. The normalized spacial score (nSPS) is 15.2. The summed E-state index contributed by atoms with van der Waals surface area (Å²) in [5.41, 5.74) is 3.89. The van der Waals surface area contributed by atoms with Gasteiger partial charge in [-0.05, 0) is 42.2 Å². The summed E-state index contributed by atoms with van der Waals surface area (Å²) in [6.45, 7) is 6.36. The highest BCUT2D eigenvalue weighted by Crippen LogP contribution is 2.18. The highest BCUT2D eigenvalue weighted by molar-refractivity contribution is 14.0. The lowest BCUT2D eigenvalue weighted by molar-refractivity contribution is 0.108. The van der Waals surface area contributed by atoms with Gasteiger partial charge in [0.1, 0.15) is 0 Å². The largest absolute Gasteiger partial charge is 0.390 e. The first-order valence-electron chi connectivity index (χ1n) is 9.88. The van der Waals surface area contributed by atoms with Crippen molar-refractivity contribution in [3.05, 3.63) is 70.2 Å². The van der Waals surface area contributed by atoms with Crippen LogP contribution < -0.4 is 10.6 Å². The second-order valence-corrected chi connectivity index (χ2v) is 7.55. The Labute approximate surface area is 195 Å². The van der Waals surface area contributed by atoms with Crippen LogP contribution in [0.25, 0.3) is 0 Å². The van der Waals surface area contributed by atoms with Crippen molar-refractivity contribution < 1.29 is 5.11 Å². The summed E-state index contributed by atoms with van der Waals surface area (Å²) in [5.74, 6) is 0.709. The Balaban J connectivity index is 0.00000300. The molecule has 5 nitrogen and oxygen atoms in total. The molecule has 1 unspecified atom stereocenters. The Bertz CT molecular complexity index is 785. The third-order valence-electron chi connectivity index (χ3n) is 4.86. The van der Waals surface area contributed by atoms with Gasteiger partial charge in [-0.2, -0.15) is 0 Å². The van der Waals surface area contributed by atoms with Crippen LogP contribution in [-0.4, -0.2) is 48.2 Å². The summed E-state index contributed by atoms with van der Waals surface area (Å²) in [5, 5.41) is 17.7. The lowest BCUT2D eigenvalue weighted by atomic mass is 10.00. The molecular weight excluding hydrogens is 499 g/mol. The van der Waals surface area contributed by atoms with Gasteiger partial charge in [0.25, 0.3) is 0 Å². The molecule has 1 aliphatic rings. The highest BCUT2D eigenvalue weighted by atomic mass is 127. The van der Waals surface area contributed by atoms with E-state index >= 15 is 0 Å². The number of guanidine groups is 1. The standard InChI is InChI=1S/C22H29ClN4O.HI/c1-2-24-22(25-13-17-7-9-20(23)10-8-17)26-14-21(28)16-27-12-11-18-5-3-4-6-19(18)15-27;/h3-10,21,28H,2,11-16H2,1H3,(H2,24,25,26);1H. The molecule has 158 valence electrons. The molecule has 0 saturated carbocycles. The van der Waals surface area contributed by atoms with Gasteiger partial charge in [-0.3, -0.25) is 4.90 Å². The molecule has 0 aliphatic carbocycles. The van der Waals surface area contributed by atoms with Gasteiger partial charge in [0, 0.05) is 37.7 Å². The van der Waals surface area contributed by atoms with E-state index in [-0.39, 0.29) is 24.0 Å².